The lowest BCUT2D eigenvalue weighted by molar-refractivity contribution is -0.275. The van der Waals surface area contributed by atoms with Crippen LogP contribution in [0.3, 0.4) is 0 Å². The van der Waals surface area contributed by atoms with Crippen molar-refractivity contribution >= 4 is 5.69 Å². The van der Waals surface area contributed by atoms with Crippen molar-refractivity contribution in [1.82, 2.24) is 4.98 Å². The van der Waals surface area contributed by atoms with E-state index in [-0.39, 0.29) is 11.4 Å². The Balaban J connectivity index is 3.23. The molecular weight excluding hydrogens is 227 g/mol. The van der Waals surface area contributed by atoms with Crippen molar-refractivity contribution in [1.29, 1.82) is 5.26 Å². The van der Waals surface area contributed by atoms with Gasteiger partial charge in [0.15, 0.2) is 0 Å². The highest BCUT2D eigenvalue weighted by Gasteiger charge is 2.33. The normalized spacial score (nSPS) is 10.7. The van der Waals surface area contributed by atoms with Crippen molar-refractivity contribution in [3.8, 4) is 17.8 Å². The van der Waals surface area contributed by atoms with Gasteiger partial charge in [-0.05, 0) is 0 Å². The molecule has 0 spiro atoms. The van der Waals surface area contributed by atoms with Gasteiger partial charge in [0, 0.05) is 6.07 Å². The first-order valence-electron chi connectivity index (χ1n) is 3.87. The van der Waals surface area contributed by atoms with Gasteiger partial charge in [0.1, 0.15) is 11.8 Å². The highest BCUT2D eigenvalue weighted by atomic mass is 19.4. The molecule has 1 heterocycles. The van der Waals surface area contributed by atoms with Crippen LogP contribution in [-0.2, 0) is 0 Å². The van der Waals surface area contributed by atoms with Crippen molar-refractivity contribution in [2.24, 2.45) is 0 Å². The zero-order valence-corrected chi connectivity index (χ0v) is 8.00. The smallest absolute Gasteiger partial charge is 0.481 e. The average molecular weight is 233 g/mol. The van der Waals surface area contributed by atoms with E-state index < -0.39 is 17.9 Å². The molecule has 0 atom stereocenters. The van der Waals surface area contributed by atoms with Gasteiger partial charge in [-0.2, -0.15) is 10.2 Å². The van der Waals surface area contributed by atoms with Crippen molar-refractivity contribution in [3.63, 3.8) is 0 Å². The van der Waals surface area contributed by atoms with Crippen LogP contribution in [0.25, 0.3) is 0 Å². The summed E-state index contributed by atoms with van der Waals surface area (Å²) in [7, 11) is 1.19. The predicted molar refractivity (Wildman–Crippen MR) is 46.6 cm³/mol. The quantitative estimate of drug-likeness (QED) is 0.835. The highest BCUT2D eigenvalue weighted by Crippen LogP contribution is 2.31. The largest absolute Gasteiger partial charge is 0.574 e. The topological polar surface area (TPSA) is 81.2 Å². The molecular formula is C8H6F3N3O2. The van der Waals surface area contributed by atoms with E-state index in [1.807, 2.05) is 0 Å². The van der Waals surface area contributed by atoms with E-state index in [1.165, 1.54) is 7.11 Å². The van der Waals surface area contributed by atoms with Gasteiger partial charge in [-0.3, -0.25) is 0 Å². The predicted octanol–water partition coefficient (Wildman–Crippen LogP) is 1.44. The van der Waals surface area contributed by atoms with Crippen LogP contribution in [0.1, 0.15) is 5.56 Å². The van der Waals surface area contributed by atoms with Gasteiger partial charge in [-0.15, -0.1) is 13.2 Å². The Labute approximate surface area is 88.2 Å². The van der Waals surface area contributed by atoms with Crippen LogP contribution in [-0.4, -0.2) is 18.5 Å². The lowest BCUT2D eigenvalue weighted by atomic mass is 10.2. The number of halogens is 3. The number of nitrogens with zero attached hydrogens (tertiary/aromatic N) is 2. The van der Waals surface area contributed by atoms with E-state index in [1.54, 1.807) is 6.07 Å². The van der Waals surface area contributed by atoms with Crippen LogP contribution in [0.5, 0.6) is 11.8 Å². The number of nitriles is 1. The molecule has 5 nitrogen and oxygen atoms in total. The van der Waals surface area contributed by atoms with Gasteiger partial charge in [-0.1, -0.05) is 0 Å². The van der Waals surface area contributed by atoms with Crippen LogP contribution >= 0.6 is 0 Å². The summed E-state index contributed by atoms with van der Waals surface area (Å²) >= 11 is 0. The molecule has 0 fully saturated rings. The minimum Gasteiger partial charge on any atom is -0.481 e. The monoisotopic (exact) mass is 233 g/mol. The van der Waals surface area contributed by atoms with E-state index in [9.17, 15) is 13.2 Å². The van der Waals surface area contributed by atoms with Crippen molar-refractivity contribution in [2.75, 3.05) is 12.8 Å². The van der Waals surface area contributed by atoms with Crippen molar-refractivity contribution in [2.45, 2.75) is 6.36 Å². The number of anilines is 1. The third-order valence-electron chi connectivity index (χ3n) is 1.54. The number of rotatable bonds is 2. The van der Waals surface area contributed by atoms with Gasteiger partial charge in [-0.25, -0.2) is 0 Å². The SMILES string of the molecule is COc1cc(C#N)c(N)c(OC(F)(F)F)n1. The Morgan fingerprint density at radius 2 is 2.12 bits per heavy atom. The summed E-state index contributed by atoms with van der Waals surface area (Å²) in [6, 6.07) is 2.71. The van der Waals surface area contributed by atoms with Gasteiger partial charge in [0.25, 0.3) is 0 Å². The van der Waals surface area contributed by atoms with Gasteiger partial charge >= 0.3 is 6.36 Å². The number of ether oxygens (including phenoxy) is 2. The third kappa shape index (κ3) is 2.66. The number of nitrogen functional groups attached to an aromatic ring is 1. The maximum Gasteiger partial charge on any atom is 0.574 e. The molecule has 0 aliphatic rings. The van der Waals surface area contributed by atoms with E-state index in [4.69, 9.17) is 11.0 Å². The standard InChI is InChI=1S/C8H6F3N3O2/c1-15-5-2-4(3-12)6(13)7(14-5)16-8(9,10)11/h2H,13H2,1H3. The molecule has 0 radical (unpaired) electrons. The number of aromatic nitrogens is 1. The molecule has 1 aromatic rings. The van der Waals surface area contributed by atoms with E-state index in [0.29, 0.717) is 0 Å². The minimum absolute atomic E-state index is 0.190. The van der Waals surface area contributed by atoms with E-state index in [0.717, 1.165) is 6.07 Å². The molecule has 0 aliphatic heterocycles. The molecule has 2 N–H and O–H groups in total. The van der Waals surface area contributed by atoms with Gasteiger partial charge < -0.3 is 15.2 Å². The molecule has 1 aromatic heterocycles. The van der Waals surface area contributed by atoms with Crippen LogP contribution in [0.4, 0.5) is 18.9 Å². The Bertz CT molecular complexity index is 439. The summed E-state index contributed by atoms with van der Waals surface area (Å²) in [5.41, 5.74) is 4.57. The second-order valence-electron chi connectivity index (χ2n) is 2.59. The van der Waals surface area contributed by atoms with Crippen molar-refractivity contribution < 1.29 is 22.6 Å². The molecule has 0 bridgehead atoms. The molecule has 0 aliphatic carbocycles. The summed E-state index contributed by atoms with van der Waals surface area (Å²) in [4.78, 5) is 3.34. The third-order valence-corrected chi connectivity index (χ3v) is 1.54. The minimum atomic E-state index is -4.93. The number of methoxy groups -OCH3 is 1. The van der Waals surface area contributed by atoms with E-state index in [2.05, 4.69) is 14.5 Å². The summed E-state index contributed by atoms with van der Waals surface area (Å²) < 4.78 is 44.0. The van der Waals surface area contributed by atoms with Crippen LogP contribution in [0.2, 0.25) is 0 Å². The maximum absolute atomic E-state index is 12.0. The molecule has 1 rings (SSSR count). The Hall–Kier alpha value is -2.17. The first kappa shape index (κ1) is 11.9. The molecule has 0 saturated carbocycles. The van der Waals surface area contributed by atoms with Crippen LogP contribution < -0.4 is 15.2 Å². The molecule has 0 saturated heterocycles. The van der Waals surface area contributed by atoms with Gasteiger partial charge in [0.2, 0.25) is 11.8 Å². The fraction of sp³-hybridized carbons (Fsp3) is 0.250. The molecule has 8 heteroatoms. The average Bonchev–Trinajstić information content (AvgIpc) is 2.19. The first-order chi connectivity index (χ1) is 7.37. The zero-order valence-electron chi connectivity index (χ0n) is 8.00. The van der Waals surface area contributed by atoms with Crippen LogP contribution in [0.15, 0.2) is 6.07 Å². The summed E-state index contributed by atoms with van der Waals surface area (Å²) in [6.07, 6.45) is -4.93. The Morgan fingerprint density at radius 1 is 1.50 bits per heavy atom. The maximum atomic E-state index is 12.0. The van der Waals surface area contributed by atoms with Crippen LogP contribution in [0, 0.1) is 11.3 Å². The number of hydrogen-bond acceptors (Lipinski definition) is 5. The summed E-state index contributed by atoms with van der Waals surface area (Å²) in [5.74, 6) is -1.09. The van der Waals surface area contributed by atoms with Gasteiger partial charge in [0.05, 0.1) is 12.7 Å². The summed E-state index contributed by atoms with van der Waals surface area (Å²) in [6.45, 7) is 0. The zero-order chi connectivity index (χ0) is 12.3. The molecule has 0 amide bonds. The second-order valence-corrected chi connectivity index (χ2v) is 2.59. The lowest BCUT2D eigenvalue weighted by Crippen LogP contribution is -2.19. The fourth-order valence-electron chi connectivity index (χ4n) is 0.894. The van der Waals surface area contributed by atoms with Crippen molar-refractivity contribution in [3.05, 3.63) is 11.6 Å². The second kappa shape index (κ2) is 4.14. The lowest BCUT2D eigenvalue weighted by Gasteiger charge is -2.11. The Kier molecular flexibility index (Phi) is 3.08. The number of nitrogens with two attached hydrogens (primary N) is 1. The fourth-order valence-corrected chi connectivity index (χ4v) is 0.894. The van der Waals surface area contributed by atoms with E-state index >= 15 is 0 Å². The molecule has 0 aromatic carbocycles. The molecule has 86 valence electrons. The summed E-state index contributed by atoms with van der Waals surface area (Å²) in [5, 5.41) is 8.61. The Morgan fingerprint density at radius 3 is 2.56 bits per heavy atom. The highest BCUT2D eigenvalue weighted by molar-refractivity contribution is 5.61. The molecule has 16 heavy (non-hydrogen) atoms. The first-order valence-corrected chi connectivity index (χ1v) is 3.87. The number of hydrogen-bond donors (Lipinski definition) is 1. The number of pyridine rings is 1. The molecule has 0 unspecified atom stereocenters. The number of alkyl halides is 3.